The van der Waals surface area contributed by atoms with Crippen LogP contribution in [0.5, 0.6) is 11.5 Å². The molecule has 4 rings (SSSR count). The van der Waals surface area contributed by atoms with Crippen molar-refractivity contribution in [1.82, 2.24) is 15.0 Å². The smallest absolute Gasteiger partial charge is 0.442 e. The van der Waals surface area contributed by atoms with Gasteiger partial charge in [0, 0.05) is 10.4 Å². The summed E-state index contributed by atoms with van der Waals surface area (Å²) in [5.74, 6) is -0.463. The summed E-state index contributed by atoms with van der Waals surface area (Å²) in [4.78, 5) is 26.1. The van der Waals surface area contributed by atoms with E-state index in [1.54, 1.807) is 30.3 Å². The highest BCUT2D eigenvalue weighted by Crippen LogP contribution is 2.31. The predicted octanol–water partition coefficient (Wildman–Crippen LogP) is 3.63. The minimum atomic E-state index is -0.774. The molecule has 2 heterocycles. The van der Waals surface area contributed by atoms with Gasteiger partial charge in [-0.15, -0.1) is 11.3 Å². The zero-order chi connectivity index (χ0) is 23.4. The number of thiophene rings is 1. The summed E-state index contributed by atoms with van der Waals surface area (Å²) in [5, 5.41) is 8.63. The first kappa shape index (κ1) is 22.3. The number of amides is 1. The predicted molar refractivity (Wildman–Crippen MR) is 120 cm³/mol. The van der Waals surface area contributed by atoms with E-state index in [0.717, 1.165) is 9.44 Å². The lowest BCUT2D eigenvalue weighted by Gasteiger charge is -2.18. The Morgan fingerprint density at radius 2 is 1.91 bits per heavy atom. The van der Waals surface area contributed by atoms with Gasteiger partial charge in [-0.2, -0.15) is 0 Å². The number of ether oxygens (including phenoxy) is 2. The van der Waals surface area contributed by atoms with Gasteiger partial charge < -0.3 is 14.8 Å². The Morgan fingerprint density at radius 1 is 1.15 bits per heavy atom. The molecule has 0 aliphatic carbocycles. The molecule has 0 spiro atoms. The Kier molecular flexibility index (Phi) is 6.55. The van der Waals surface area contributed by atoms with Crippen molar-refractivity contribution in [3.8, 4) is 22.9 Å². The van der Waals surface area contributed by atoms with Gasteiger partial charge in [-0.05, 0) is 47.3 Å². The van der Waals surface area contributed by atoms with E-state index in [4.69, 9.17) is 14.0 Å². The summed E-state index contributed by atoms with van der Waals surface area (Å²) in [5.41, 5.74) is 1.23. The molecule has 1 atom stereocenters. The van der Waals surface area contributed by atoms with Crippen molar-refractivity contribution in [1.29, 1.82) is 0 Å². The van der Waals surface area contributed by atoms with E-state index in [1.807, 2.05) is 17.5 Å². The van der Waals surface area contributed by atoms with Gasteiger partial charge in [0.1, 0.15) is 12.4 Å². The lowest BCUT2D eigenvalue weighted by molar-refractivity contribution is -0.122. The van der Waals surface area contributed by atoms with E-state index < -0.39 is 17.7 Å². The molecule has 0 aliphatic heterocycles. The number of rotatable bonds is 8. The van der Waals surface area contributed by atoms with Crippen LogP contribution < -0.4 is 20.5 Å². The van der Waals surface area contributed by atoms with E-state index >= 15 is 0 Å². The molecule has 170 valence electrons. The van der Waals surface area contributed by atoms with Crippen molar-refractivity contribution in [3.63, 3.8) is 0 Å². The third-order valence-corrected chi connectivity index (χ3v) is 5.90. The molecule has 10 heteroatoms. The number of halogens is 1. The molecule has 2 aromatic carbocycles. The van der Waals surface area contributed by atoms with Crippen LogP contribution in [0.3, 0.4) is 0 Å². The maximum absolute atomic E-state index is 13.4. The molecular formula is C23H20FN3O5S. The fourth-order valence-corrected chi connectivity index (χ4v) is 4.17. The zero-order valence-corrected chi connectivity index (χ0v) is 18.6. The fourth-order valence-electron chi connectivity index (χ4n) is 3.37. The Labute approximate surface area is 192 Å². The van der Waals surface area contributed by atoms with Gasteiger partial charge in [-0.25, -0.2) is 13.8 Å². The minimum absolute atomic E-state index is 0.172. The van der Waals surface area contributed by atoms with Gasteiger partial charge >= 0.3 is 5.76 Å². The molecule has 0 saturated heterocycles. The van der Waals surface area contributed by atoms with Crippen LogP contribution >= 0.6 is 11.3 Å². The number of carbonyl (C=O) groups excluding carboxylic acids is 1. The van der Waals surface area contributed by atoms with E-state index in [2.05, 4.69) is 10.5 Å². The minimum Gasteiger partial charge on any atom is -0.493 e. The monoisotopic (exact) mass is 469 g/mol. The van der Waals surface area contributed by atoms with Crippen LogP contribution in [-0.4, -0.2) is 29.9 Å². The standard InChI is InChI=1S/C23H20FN3O5S/c1-30-17-10-7-15(12-18(17)31-2)22-26-32-23(29)27(22)13-20(28)25-21(19-4-3-11-33-19)14-5-8-16(24)9-6-14/h3-12,21H,13H2,1-2H3,(H,25,28). The molecule has 0 fully saturated rings. The first-order valence-electron chi connectivity index (χ1n) is 9.87. The topological polar surface area (TPSA) is 95.6 Å². The number of methoxy groups -OCH3 is 2. The average Bonchev–Trinajstić information content (AvgIpc) is 3.48. The van der Waals surface area contributed by atoms with Crippen LogP contribution in [0, 0.1) is 5.82 Å². The highest BCUT2D eigenvalue weighted by molar-refractivity contribution is 7.10. The van der Waals surface area contributed by atoms with Crippen LogP contribution in [0.1, 0.15) is 16.5 Å². The van der Waals surface area contributed by atoms with Gasteiger partial charge in [0.15, 0.2) is 17.3 Å². The summed E-state index contributed by atoms with van der Waals surface area (Å²) in [6.45, 7) is -0.324. The van der Waals surface area contributed by atoms with Crippen molar-refractivity contribution >= 4 is 17.2 Å². The average molecular weight is 469 g/mol. The number of nitrogens with zero attached hydrogens (tertiary/aromatic N) is 2. The summed E-state index contributed by atoms with van der Waals surface area (Å²) in [7, 11) is 3.00. The van der Waals surface area contributed by atoms with E-state index in [-0.39, 0.29) is 18.2 Å². The molecule has 0 bridgehead atoms. The van der Waals surface area contributed by atoms with E-state index in [0.29, 0.717) is 22.6 Å². The Morgan fingerprint density at radius 3 is 2.58 bits per heavy atom. The lowest BCUT2D eigenvalue weighted by Crippen LogP contribution is -2.34. The van der Waals surface area contributed by atoms with Gasteiger partial charge in [0.2, 0.25) is 5.91 Å². The number of aromatic nitrogens is 2. The second kappa shape index (κ2) is 9.70. The molecule has 0 saturated carbocycles. The van der Waals surface area contributed by atoms with Gasteiger partial charge in [-0.3, -0.25) is 9.32 Å². The Balaban J connectivity index is 1.60. The molecule has 1 unspecified atom stereocenters. The number of benzene rings is 2. The number of hydrogen-bond donors (Lipinski definition) is 1. The van der Waals surface area contributed by atoms with Gasteiger partial charge in [0.05, 0.1) is 20.3 Å². The highest BCUT2D eigenvalue weighted by Gasteiger charge is 2.22. The molecule has 33 heavy (non-hydrogen) atoms. The first-order chi connectivity index (χ1) is 16.0. The van der Waals surface area contributed by atoms with Crippen molar-refractivity contribution in [3.05, 3.63) is 86.8 Å². The normalized spacial score (nSPS) is 11.7. The molecule has 4 aromatic rings. The van der Waals surface area contributed by atoms with Crippen molar-refractivity contribution in [2.24, 2.45) is 0 Å². The van der Waals surface area contributed by atoms with Gasteiger partial charge in [-0.1, -0.05) is 23.4 Å². The fraction of sp³-hybridized carbons (Fsp3) is 0.174. The molecule has 1 N–H and O–H groups in total. The molecule has 0 radical (unpaired) electrons. The van der Waals surface area contributed by atoms with Crippen LogP contribution in [0.25, 0.3) is 11.4 Å². The maximum Gasteiger partial charge on any atom is 0.442 e. The molecule has 8 nitrogen and oxygen atoms in total. The Bertz CT molecular complexity index is 1300. The largest absolute Gasteiger partial charge is 0.493 e. The third kappa shape index (κ3) is 4.80. The maximum atomic E-state index is 13.4. The second-order valence-electron chi connectivity index (χ2n) is 7.00. The molecule has 2 aromatic heterocycles. The molecular weight excluding hydrogens is 449 g/mol. The van der Waals surface area contributed by atoms with Crippen LogP contribution in [-0.2, 0) is 11.3 Å². The Hall–Kier alpha value is -3.92. The lowest BCUT2D eigenvalue weighted by atomic mass is 10.1. The first-order valence-corrected chi connectivity index (χ1v) is 10.7. The SMILES string of the molecule is COc1ccc(-c2noc(=O)n2CC(=O)NC(c2ccc(F)cc2)c2cccs2)cc1OC. The third-order valence-electron chi connectivity index (χ3n) is 4.97. The van der Waals surface area contributed by atoms with E-state index in [1.165, 1.54) is 37.7 Å². The zero-order valence-electron chi connectivity index (χ0n) is 17.8. The summed E-state index contributed by atoms with van der Waals surface area (Å²) < 4.78 is 29.9. The van der Waals surface area contributed by atoms with Crippen LogP contribution in [0.2, 0.25) is 0 Å². The quantitative estimate of drug-likeness (QED) is 0.424. The summed E-state index contributed by atoms with van der Waals surface area (Å²) in [6.07, 6.45) is 0. The van der Waals surface area contributed by atoms with Crippen molar-refractivity contribution < 1.29 is 23.2 Å². The van der Waals surface area contributed by atoms with Gasteiger partial charge in [0.25, 0.3) is 0 Å². The van der Waals surface area contributed by atoms with Crippen molar-refractivity contribution in [2.75, 3.05) is 14.2 Å². The summed E-state index contributed by atoms with van der Waals surface area (Å²) >= 11 is 1.46. The van der Waals surface area contributed by atoms with E-state index in [9.17, 15) is 14.0 Å². The number of nitrogens with one attached hydrogen (secondary N) is 1. The summed E-state index contributed by atoms with van der Waals surface area (Å²) in [6, 6.07) is 14.1. The highest BCUT2D eigenvalue weighted by atomic mass is 32.1. The number of carbonyl (C=O) groups is 1. The number of hydrogen-bond acceptors (Lipinski definition) is 7. The molecule has 0 aliphatic rings. The van der Waals surface area contributed by atoms with Crippen molar-refractivity contribution in [2.45, 2.75) is 12.6 Å². The van der Waals surface area contributed by atoms with Crippen LogP contribution in [0.4, 0.5) is 4.39 Å². The molecule has 1 amide bonds. The second-order valence-corrected chi connectivity index (χ2v) is 7.97. The van der Waals surface area contributed by atoms with Crippen LogP contribution in [0.15, 0.2) is 69.3 Å².